The minimum atomic E-state index is 0.833. The fourth-order valence-electron chi connectivity index (χ4n) is 4.28. The molecule has 0 aromatic heterocycles. The molecule has 0 aliphatic carbocycles. The number of aryl methyl sites for hydroxylation is 1. The number of rotatable bonds is 11. The first-order valence-corrected chi connectivity index (χ1v) is 16.7. The van der Waals surface area contributed by atoms with E-state index in [4.69, 9.17) is 0 Å². The normalized spacial score (nSPS) is 10.1. The Labute approximate surface area is 282 Å². The van der Waals surface area contributed by atoms with Gasteiger partial charge in [0.1, 0.15) is 0 Å². The molecule has 0 heterocycles. The van der Waals surface area contributed by atoms with E-state index in [1.54, 1.807) is 0 Å². The third-order valence-corrected chi connectivity index (χ3v) is 6.85. The van der Waals surface area contributed by atoms with Gasteiger partial charge in [0.25, 0.3) is 0 Å². The van der Waals surface area contributed by atoms with Gasteiger partial charge in [-0.1, -0.05) is 148 Å². The van der Waals surface area contributed by atoms with Gasteiger partial charge in [0.2, 0.25) is 0 Å². The Hall–Kier alpha value is -4.21. The number of hydrogen-bond donors (Lipinski definition) is 2. The van der Waals surface area contributed by atoms with Crippen molar-refractivity contribution in [1.29, 1.82) is 0 Å². The lowest BCUT2D eigenvalue weighted by Crippen LogP contribution is -2.11. The number of hydrogen-bond acceptors (Lipinski definition) is 3. The topological polar surface area (TPSA) is 36.4 Å². The van der Waals surface area contributed by atoms with Crippen LogP contribution < -0.4 is 10.6 Å². The fourth-order valence-corrected chi connectivity index (χ4v) is 4.28. The third-order valence-electron chi connectivity index (χ3n) is 6.85. The number of nitrogens with zero attached hydrogens (tertiary/aromatic N) is 1. The van der Waals surface area contributed by atoms with E-state index in [0.29, 0.717) is 0 Å². The van der Waals surface area contributed by atoms with Crippen molar-refractivity contribution in [3.05, 3.63) is 150 Å². The molecule has 0 aliphatic heterocycles. The summed E-state index contributed by atoms with van der Waals surface area (Å²) in [6.45, 7) is 27.5. The van der Waals surface area contributed by atoms with Gasteiger partial charge in [0.05, 0.1) is 0 Å². The van der Waals surface area contributed by atoms with Crippen LogP contribution in [0, 0.1) is 0 Å². The van der Waals surface area contributed by atoms with E-state index in [1.807, 2.05) is 46.0 Å². The molecule has 3 nitrogen and oxygen atoms in total. The van der Waals surface area contributed by atoms with Crippen LogP contribution >= 0.6 is 0 Å². The van der Waals surface area contributed by atoms with Crippen LogP contribution in [0.15, 0.2) is 138 Å². The SMILES string of the molecule is C=C(C)CCC.C=C(N/C(C)=C(\C)CCc1ccccc1)c1cccc2ccccc12.C=NCC.CC.CNCc1ccccc1. The molecule has 4 aromatic carbocycles. The summed E-state index contributed by atoms with van der Waals surface area (Å²) in [4.78, 5) is 3.49. The van der Waals surface area contributed by atoms with Gasteiger partial charge in [0, 0.05) is 30.0 Å². The molecule has 3 heteroatoms. The average molecular weight is 620 g/mol. The molecule has 0 bridgehead atoms. The largest absolute Gasteiger partial charge is 0.359 e. The van der Waals surface area contributed by atoms with Crippen molar-refractivity contribution in [3.63, 3.8) is 0 Å². The Balaban J connectivity index is 0.000000787. The maximum Gasteiger partial charge on any atom is 0.0388 e. The van der Waals surface area contributed by atoms with E-state index in [-0.39, 0.29) is 0 Å². The summed E-state index contributed by atoms with van der Waals surface area (Å²) in [5, 5.41) is 9.07. The molecule has 0 spiro atoms. The van der Waals surface area contributed by atoms with Crippen LogP contribution in [0.1, 0.15) is 84.4 Å². The predicted octanol–water partition coefficient (Wildman–Crippen LogP) is 11.8. The number of aliphatic imine (C=N–C) groups is 1. The van der Waals surface area contributed by atoms with E-state index in [2.05, 4.69) is 148 Å². The highest BCUT2D eigenvalue weighted by molar-refractivity contribution is 5.93. The fraction of sp³-hybridized carbons (Fsp3) is 0.326. The zero-order valence-corrected chi connectivity index (χ0v) is 30.1. The Morgan fingerprint density at radius 1 is 0.696 bits per heavy atom. The second kappa shape index (κ2) is 27.1. The first kappa shape index (κ1) is 41.8. The van der Waals surface area contributed by atoms with E-state index in [0.717, 1.165) is 37.2 Å². The molecule has 0 radical (unpaired) electrons. The molecule has 0 fully saturated rings. The van der Waals surface area contributed by atoms with E-state index < -0.39 is 0 Å². The summed E-state index contributed by atoms with van der Waals surface area (Å²) in [5.41, 5.74) is 8.67. The standard InChI is InChI=1S/C24H25N.C8H11N.C6H12.C3H7N.C2H6/c1-18(16-17-21-10-5-4-6-11-21)19(2)25-20(3)23-15-9-13-22-12-7-8-14-24(22)23;1-9-7-8-5-3-2-4-6-8;1-4-5-6(2)3;1-3-4-2;1-2/h4-15,25H,3,16-17H2,1-2H3;2-6,9H,7H2,1H3;2,4-5H2,1,3H3;2-3H2,1H3;1-2H3/b19-18+;;;;. The lowest BCUT2D eigenvalue weighted by molar-refractivity contribution is 0.818. The van der Waals surface area contributed by atoms with Crippen LogP contribution in [-0.2, 0) is 13.0 Å². The van der Waals surface area contributed by atoms with Crippen LogP contribution in [0.4, 0.5) is 0 Å². The summed E-state index contributed by atoms with van der Waals surface area (Å²) < 4.78 is 0. The summed E-state index contributed by atoms with van der Waals surface area (Å²) in [6, 6.07) is 35.8. The van der Waals surface area contributed by atoms with Gasteiger partial charge in [-0.05, 0) is 82.6 Å². The molecule has 0 saturated heterocycles. The first-order valence-electron chi connectivity index (χ1n) is 16.7. The van der Waals surface area contributed by atoms with Crippen molar-refractivity contribution in [3.8, 4) is 0 Å². The Bertz CT molecular complexity index is 1400. The maximum atomic E-state index is 4.27. The highest BCUT2D eigenvalue weighted by atomic mass is 14.9. The third kappa shape index (κ3) is 18.6. The zero-order valence-electron chi connectivity index (χ0n) is 30.1. The van der Waals surface area contributed by atoms with Crippen molar-refractivity contribution in [1.82, 2.24) is 10.6 Å². The Kier molecular flexibility index (Phi) is 24.6. The number of allylic oxidation sites excluding steroid dienone is 3. The summed E-state index contributed by atoms with van der Waals surface area (Å²) in [5.74, 6) is 0. The van der Waals surface area contributed by atoms with Gasteiger partial charge in [-0.15, -0.1) is 6.58 Å². The molecule has 2 N–H and O–H groups in total. The molecule has 0 saturated carbocycles. The molecule has 46 heavy (non-hydrogen) atoms. The highest BCUT2D eigenvalue weighted by Gasteiger charge is 2.06. The average Bonchev–Trinajstić information content (AvgIpc) is 3.09. The second-order valence-electron chi connectivity index (χ2n) is 10.8. The van der Waals surface area contributed by atoms with Crippen LogP contribution in [0.5, 0.6) is 0 Å². The monoisotopic (exact) mass is 619 g/mol. The smallest absolute Gasteiger partial charge is 0.0388 e. The van der Waals surface area contributed by atoms with E-state index >= 15 is 0 Å². The molecule has 0 amide bonds. The lowest BCUT2D eigenvalue weighted by atomic mass is 10.0. The van der Waals surface area contributed by atoms with E-state index in [9.17, 15) is 0 Å². The molecule has 4 rings (SSSR count). The van der Waals surface area contributed by atoms with Gasteiger partial charge in [-0.25, -0.2) is 0 Å². The molecule has 4 aromatic rings. The van der Waals surface area contributed by atoms with Crippen LogP contribution in [0.2, 0.25) is 0 Å². The molecular weight excluding hydrogens is 558 g/mol. The summed E-state index contributed by atoms with van der Waals surface area (Å²) in [6.07, 6.45) is 4.52. The van der Waals surface area contributed by atoms with Gasteiger partial charge in [-0.3, -0.25) is 0 Å². The minimum Gasteiger partial charge on any atom is -0.359 e. The second-order valence-corrected chi connectivity index (χ2v) is 10.8. The van der Waals surface area contributed by atoms with Crippen molar-refractivity contribution >= 4 is 23.2 Å². The van der Waals surface area contributed by atoms with Crippen molar-refractivity contribution < 1.29 is 0 Å². The zero-order chi connectivity index (χ0) is 34.6. The predicted molar refractivity (Wildman–Crippen MR) is 210 cm³/mol. The Morgan fingerprint density at radius 3 is 1.72 bits per heavy atom. The Morgan fingerprint density at radius 2 is 1.22 bits per heavy atom. The minimum absolute atomic E-state index is 0.833. The van der Waals surface area contributed by atoms with Gasteiger partial charge in [-0.2, -0.15) is 0 Å². The molecular formula is C43H61N3. The number of nitrogens with one attached hydrogen (secondary N) is 2. The highest BCUT2D eigenvalue weighted by Crippen LogP contribution is 2.24. The summed E-state index contributed by atoms with van der Waals surface area (Å²) in [7, 11) is 1.95. The quantitative estimate of drug-likeness (QED) is 0.129. The van der Waals surface area contributed by atoms with Crippen molar-refractivity contribution in [2.45, 2.75) is 80.7 Å². The van der Waals surface area contributed by atoms with Crippen LogP contribution in [-0.4, -0.2) is 20.3 Å². The molecule has 0 atom stereocenters. The molecule has 0 unspecified atom stereocenters. The molecule has 248 valence electrons. The van der Waals surface area contributed by atoms with Crippen molar-refractivity contribution in [2.24, 2.45) is 4.99 Å². The van der Waals surface area contributed by atoms with Crippen molar-refractivity contribution in [2.75, 3.05) is 13.6 Å². The summed E-state index contributed by atoms with van der Waals surface area (Å²) >= 11 is 0. The van der Waals surface area contributed by atoms with E-state index in [1.165, 1.54) is 51.6 Å². The van der Waals surface area contributed by atoms with Crippen LogP contribution in [0.25, 0.3) is 16.5 Å². The van der Waals surface area contributed by atoms with Gasteiger partial charge < -0.3 is 15.6 Å². The molecule has 0 aliphatic rings. The maximum absolute atomic E-state index is 4.27. The van der Waals surface area contributed by atoms with Crippen LogP contribution in [0.3, 0.4) is 0 Å². The van der Waals surface area contributed by atoms with Gasteiger partial charge >= 0.3 is 0 Å². The number of fused-ring (bicyclic) bond motifs is 1. The number of benzene rings is 4. The lowest BCUT2D eigenvalue weighted by Gasteiger charge is -2.15. The first-order chi connectivity index (χ1) is 22.3. The van der Waals surface area contributed by atoms with Gasteiger partial charge in [0.15, 0.2) is 0 Å².